The van der Waals surface area contributed by atoms with Crippen LogP contribution in [-0.4, -0.2) is 72.1 Å². The van der Waals surface area contributed by atoms with Crippen LogP contribution in [0.1, 0.15) is 19.3 Å². The van der Waals surface area contributed by atoms with Crippen LogP contribution in [0.2, 0.25) is 0 Å². The van der Waals surface area contributed by atoms with Gasteiger partial charge in [-0.3, -0.25) is 4.79 Å². The normalized spacial score (nSPS) is 18.1. The molecule has 0 aliphatic carbocycles. The highest BCUT2D eigenvalue weighted by Gasteiger charge is 2.24. The van der Waals surface area contributed by atoms with E-state index >= 15 is 0 Å². The summed E-state index contributed by atoms with van der Waals surface area (Å²) in [6, 6.07) is -1.49. The number of primary amides is 1. The van der Waals surface area contributed by atoms with E-state index in [0.29, 0.717) is 13.1 Å². The number of carbonyl (C=O) groups excluding carboxylic acids is 2. The Morgan fingerprint density at radius 1 is 1.25 bits per heavy atom. The van der Waals surface area contributed by atoms with Gasteiger partial charge in [0.2, 0.25) is 5.91 Å². The standard InChI is InChI=1S/C12H22N4O4/c1-15-5-2-6-16(8-7-15)12(20)14-9(11(18)19)3-4-10(13)17/h9H,2-8H2,1H3,(H2,13,17)(H,14,20)(H,18,19)/t9-/m0/s1. The summed E-state index contributed by atoms with van der Waals surface area (Å²) < 4.78 is 0. The molecule has 0 aromatic carbocycles. The molecule has 0 aromatic rings. The van der Waals surface area contributed by atoms with Gasteiger partial charge in [0, 0.05) is 26.1 Å². The third-order valence-electron chi connectivity index (χ3n) is 3.28. The van der Waals surface area contributed by atoms with Gasteiger partial charge in [0.05, 0.1) is 0 Å². The van der Waals surface area contributed by atoms with Gasteiger partial charge in [-0.05, 0) is 26.4 Å². The number of aliphatic carboxylic acids is 1. The van der Waals surface area contributed by atoms with Crippen molar-refractivity contribution in [2.45, 2.75) is 25.3 Å². The summed E-state index contributed by atoms with van der Waals surface area (Å²) in [4.78, 5) is 37.5. The van der Waals surface area contributed by atoms with Gasteiger partial charge in [0.1, 0.15) is 6.04 Å². The third-order valence-corrected chi connectivity index (χ3v) is 3.28. The Kier molecular flexibility index (Phi) is 6.23. The van der Waals surface area contributed by atoms with E-state index in [9.17, 15) is 14.4 Å². The average molecular weight is 286 g/mol. The Morgan fingerprint density at radius 2 is 1.95 bits per heavy atom. The molecule has 8 nitrogen and oxygen atoms in total. The summed E-state index contributed by atoms with van der Waals surface area (Å²) in [5, 5.41) is 11.5. The first kappa shape index (κ1) is 16.2. The number of nitrogens with zero attached hydrogens (tertiary/aromatic N) is 2. The van der Waals surface area contributed by atoms with Gasteiger partial charge >= 0.3 is 12.0 Å². The van der Waals surface area contributed by atoms with Gasteiger partial charge in [-0.25, -0.2) is 9.59 Å². The minimum Gasteiger partial charge on any atom is -0.480 e. The van der Waals surface area contributed by atoms with E-state index in [2.05, 4.69) is 10.2 Å². The van der Waals surface area contributed by atoms with E-state index in [1.54, 1.807) is 4.90 Å². The van der Waals surface area contributed by atoms with Crippen LogP contribution in [0.4, 0.5) is 4.79 Å². The fourth-order valence-electron chi connectivity index (χ4n) is 2.03. The molecule has 20 heavy (non-hydrogen) atoms. The van der Waals surface area contributed by atoms with Crippen LogP contribution < -0.4 is 11.1 Å². The van der Waals surface area contributed by atoms with Crippen molar-refractivity contribution in [1.82, 2.24) is 15.1 Å². The highest BCUT2D eigenvalue weighted by atomic mass is 16.4. The molecule has 1 aliphatic rings. The highest BCUT2D eigenvalue weighted by molar-refractivity contribution is 5.83. The molecule has 0 spiro atoms. The van der Waals surface area contributed by atoms with Crippen LogP contribution in [0.3, 0.4) is 0 Å². The fraction of sp³-hybridized carbons (Fsp3) is 0.750. The zero-order chi connectivity index (χ0) is 15.1. The Labute approximate surface area is 117 Å². The number of carbonyl (C=O) groups is 3. The maximum Gasteiger partial charge on any atom is 0.326 e. The number of amides is 3. The molecule has 1 atom stereocenters. The minimum atomic E-state index is -1.16. The first-order chi connectivity index (χ1) is 9.40. The second kappa shape index (κ2) is 7.68. The summed E-state index contributed by atoms with van der Waals surface area (Å²) in [5.41, 5.74) is 4.99. The van der Waals surface area contributed by atoms with Gasteiger partial charge < -0.3 is 26.0 Å². The number of urea groups is 1. The Hall–Kier alpha value is -1.83. The summed E-state index contributed by atoms with van der Waals surface area (Å²) in [6.07, 6.45) is 0.785. The van der Waals surface area contributed by atoms with Crippen molar-refractivity contribution >= 4 is 17.9 Å². The van der Waals surface area contributed by atoms with E-state index in [1.165, 1.54) is 0 Å². The number of likely N-dealkylation sites (N-methyl/N-ethyl adjacent to an activating group) is 1. The molecule has 4 N–H and O–H groups in total. The molecule has 1 aliphatic heterocycles. The van der Waals surface area contributed by atoms with E-state index in [1.807, 2.05) is 7.05 Å². The number of nitrogens with one attached hydrogen (secondary N) is 1. The minimum absolute atomic E-state index is 0.00412. The van der Waals surface area contributed by atoms with Gasteiger partial charge in [-0.15, -0.1) is 0 Å². The van der Waals surface area contributed by atoms with Crippen LogP contribution in [-0.2, 0) is 9.59 Å². The number of carboxylic acid groups (broad SMARTS) is 1. The van der Waals surface area contributed by atoms with E-state index in [-0.39, 0.29) is 12.8 Å². The second-order valence-electron chi connectivity index (χ2n) is 4.99. The molecule has 0 saturated carbocycles. The predicted molar refractivity (Wildman–Crippen MR) is 72.1 cm³/mol. The van der Waals surface area contributed by atoms with Crippen molar-refractivity contribution in [2.24, 2.45) is 5.73 Å². The largest absolute Gasteiger partial charge is 0.480 e. The number of nitrogens with two attached hydrogens (primary N) is 1. The lowest BCUT2D eigenvalue weighted by Crippen LogP contribution is -2.49. The van der Waals surface area contributed by atoms with Crippen molar-refractivity contribution in [1.29, 1.82) is 0 Å². The van der Waals surface area contributed by atoms with Crippen molar-refractivity contribution < 1.29 is 19.5 Å². The lowest BCUT2D eigenvalue weighted by Gasteiger charge is -2.23. The van der Waals surface area contributed by atoms with Gasteiger partial charge in [0.25, 0.3) is 0 Å². The number of hydrogen-bond acceptors (Lipinski definition) is 4. The Bertz CT molecular complexity index is 374. The Morgan fingerprint density at radius 3 is 2.55 bits per heavy atom. The average Bonchev–Trinajstić information content (AvgIpc) is 2.58. The topological polar surface area (TPSA) is 116 Å². The molecule has 1 rings (SSSR count). The molecule has 8 heteroatoms. The lowest BCUT2D eigenvalue weighted by atomic mass is 10.1. The molecular weight excluding hydrogens is 264 g/mol. The maximum absolute atomic E-state index is 12.0. The molecule has 1 saturated heterocycles. The van der Waals surface area contributed by atoms with E-state index in [0.717, 1.165) is 19.5 Å². The zero-order valence-corrected chi connectivity index (χ0v) is 11.7. The summed E-state index contributed by atoms with van der Waals surface area (Å²) >= 11 is 0. The van der Waals surface area contributed by atoms with Crippen LogP contribution in [0, 0.1) is 0 Å². The molecule has 0 unspecified atom stereocenters. The van der Waals surface area contributed by atoms with Crippen LogP contribution >= 0.6 is 0 Å². The summed E-state index contributed by atoms with van der Waals surface area (Å²) in [7, 11) is 1.98. The van der Waals surface area contributed by atoms with Crippen LogP contribution in [0.15, 0.2) is 0 Å². The molecule has 0 aromatic heterocycles. The van der Waals surface area contributed by atoms with Crippen molar-refractivity contribution in [2.75, 3.05) is 33.2 Å². The molecular formula is C12H22N4O4. The molecule has 0 bridgehead atoms. The number of carboxylic acids is 1. The summed E-state index contributed by atoms with van der Waals surface area (Å²) in [6.45, 7) is 2.82. The smallest absolute Gasteiger partial charge is 0.326 e. The van der Waals surface area contributed by atoms with Crippen molar-refractivity contribution in [3.63, 3.8) is 0 Å². The zero-order valence-electron chi connectivity index (χ0n) is 11.7. The molecule has 3 amide bonds. The number of rotatable bonds is 5. The van der Waals surface area contributed by atoms with E-state index in [4.69, 9.17) is 10.8 Å². The third kappa shape index (κ3) is 5.43. The lowest BCUT2D eigenvalue weighted by molar-refractivity contribution is -0.139. The molecule has 114 valence electrons. The molecule has 0 radical (unpaired) electrons. The monoisotopic (exact) mass is 286 g/mol. The fourth-order valence-corrected chi connectivity index (χ4v) is 2.03. The van der Waals surface area contributed by atoms with Gasteiger partial charge in [-0.2, -0.15) is 0 Å². The Balaban J connectivity index is 2.52. The van der Waals surface area contributed by atoms with Crippen LogP contribution in [0.5, 0.6) is 0 Å². The van der Waals surface area contributed by atoms with Gasteiger partial charge in [-0.1, -0.05) is 0 Å². The predicted octanol–water partition coefficient (Wildman–Crippen LogP) is -0.948. The highest BCUT2D eigenvalue weighted by Crippen LogP contribution is 2.04. The van der Waals surface area contributed by atoms with Gasteiger partial charge in [0.15, 0.2) is 0 Å². The summed E-state index contributed by atoms with van der Waals surface area (Å²) in [5.74, 6) is -1.74. The maximum atomic E-state index is 12.0. The van der Waals surface area contributed by atoms with Crippen LogP contribution in [0.25, 0.3) is 0 Å². The SMILES string of the molecule is CN1CCCN(C(=O)N[C@@H](CCC(N)=O)C(=O)O)CC1. The molecule has 1 heterocycles. The second-order valence-corrected chi connectivity index (χ2v) is 4.99. The first-order valence-electron chi connectivity index (χ1n) is 6.65. The quantitative estimate of drug-likeness (QED) is 0.602. The molecule has 1 fully saturated rings. The number of hydrogen-bond donors (Lipinski definition) is 3. The first-order valence-corrected chi connectivity index (χ1v) is 6.65. The van der Waals surface area contributed by atoms with Crippen molar-refractivity contribution in [3.05, 3.63) is 0 Å². The van der Waals surface area contributed by atoms with Crippen molar-refractivity contribution in [3.8, 4) is 0 Å². The van der Waals surface area contributed by atoms with E-state index < -0.39 is 23.9 Å².